The van der Waals surface area contributed by atoms with Crippen LogP contribution in [0.5, 0.6) is 0 Å². The zero-order valence-corrected chi connectivity index (χ0v) is 31.1. The van der Waals surface area contributed by atoms with Gasteiger partial charge in [0, 0.05) is 25.4 Å². The molecule has 12 heteroatoms. The van der Waals surface area contributed by atoms with E-state index in [2.05, 4.69) is 5.32 Å². The predicted molar refractivity (Wildman–Crippen MR) is 191 cm³/mol. The highest BCUT2D eigenvalue weighted by Crippen LogP contribution is 2.63. The molecular weight excluding hydrogens is 680 g/mol. The van der Waals surface area contributed by atoms with Crippen molar-refractivity contribution in [2.75, 3.05) is 19.8 Å². The van der Waals surface area contributed by atoms with E-state index >= 15 is 0 Å². The van der Waals surface area contributed by atoms with Crippen LogP contribution in [0.2, 0.25) is 0 Å². The van der Waals surface area contributed by atoms with Gasteiger partial charge >= 0.3 is 0 Å². The Bertz CT molecular complexity index is 1460. The summed E-state index contributed by atoms with van der Waals surface area (Å²) in [5.74, 6) is -3.36. The van der Waals surface area contributed by atoms with E-state index in [1.165, 1.54) is 0 Å². The van der Waals surface area contributed by atoms with Crippen molar-refractivity contribution in [3.63, 3.8) is 0 Å². The van der Waals surface area contributed by atoms with Crippen molar-refractivity contribution in [3.8, 4) is 0 Å². The fourth-order valence-corrected chi connectivity index (χ4v) is 13.3. The first kappa shape index (κ1) is 38.1. The minimum Gasteiger partial charge on any atom is -0.512 e. The number of hydrogen-bond donors (Lipinski definition) is 8. The fraction of sp³-hybridized carbons (Fsp3) is 0.854. The molecule has 0 amide bonds. The number of ketones is 2. The molecule has 12 nitrogen and oxygen atoms in total. The highest BCUT2D eigenvalue weighted by atomic mass is 16.7. The Labute approximate surface area is 312 Å². The number of ether oxygens (including phenoxy) is 2. The van der Waals surface area contributed by atoms with E-state index in [1.807, 2.05) is 6.08 Å². The van der Waals surface area contributed by atoms with Crippen LogP contribution >= 0.6 is 0 Å². The van der Waals surface area contributed by atoms with Gasteiger partial charge in [0.25, 0.3) is 0 Å². The van der Waals surface area contributed by atoms with Gasteiger partial charge in [-0.15, -0.1) is 0 Å². The Morgan fingerprint density at radius 1 is 0.925 bits per heavy atom. The fourth-order valence-electron chi connectivity index (χ4n) is 13.3. The van der Waals surface area contributed by atoms with Crippen LogP contribution in [0.25, 0.3) is 0 Å². The van der Waals surface area contributed by atoms with E-state index in [9.17, 15) is 40.2 Å². The number of allylic oxidation sites excluding steroid dienone is 4. The van der Waals surface area contributed by atoms with Gasteiger partial charge in [0.1, 0.15) is 41.1 Å². The number of carbonyl (C=O) groups is 2. The lowest BCUT2D eigenvalue weighted by Gasteiger charge is -2.64. The lowest BCUT2D eigenvalue weighted by Crippen LogP contribution is -2.95. The highest BCUT2D eigenvalue weighted by molar-refractivity contribution is 6.02. The smallest absolute Gasteiger partial charge is 0.187 e. The van der Waals surface area contributed by atoms with Crippen LogP contribution in [0.3, 0.4) is 0 Å². The van der Waals surface area contributed by atoms with Crippen molar-refractivity contribution in [2.24, 2.45) is 58.5 Å². The largest absolute Gasteiger partial charge is 0.512 e. The van der Waals surface area contributed by atoms with Crippen LogP contribution in [0, 0.1) is 52.8 Å². The molecule has 0 spiro atoms. The Morgan fingerprint density at radius 3 is 2.42 bits per heavy atom. The number of aliphatic hydroxyl groups excluding tert-OH is 5. The second kappa shape index (κ2) is 14.6. The van der Waals surface area contributed by atoms with Crippen LogP contribution in [-0.4, -0.2) is 104 Å². The van der Waals surface area contributed by atoms with Crippen molar-refractivity contribution in [1.29, 1.82) is 0 Å². The van der Waals surface area contributed by atoms with E-state index < -0.39 is 72.0 Å². The number of rotatable bonds is 8. The molecule has 15 atom stereocenters. The lowest BCUT2D eigenvalue weighted by molar-refractivity contribution is -0.700. The number of aliphatic hydroxyl groups is 6. The number of nitrogens with two attached hydrogens (primary N) is 2. The van der Waals surface area contributed by atoms with Crippen LogP contribution in [0.1, 0.15) is 103 Å². The van der Waals surface area contributed by atoms with Gasteiger partial charge in [-0.05, 0) is 98.5 Å². The summed E-state index contributed by atoms with van der Waals surface area (Å²) in [5, 5.41) is 70.9. The van der Waals surface area contributed by atoms with Crippen molar-refractivity contribution in [3.05, 3.63) is 23.5 Å². The first-order chi connectivity index (χ1) is 25.5. The molecule has 7 fully saturated rings. The summed E-state index contributed by atoms with van der Waals surface area (Å²) < 4.78 is 12.9. The molecule has 296 valence electrons. The number of hydrogen-bond acceptors (Lipinski definition) is 11. The van der Waals surface area contributed by atoms with E-state index in [0.29, 0.717) is 38.0 Å². The summed E-state index contributed by atoms with van der Waals surface area (Å²) in [6.45, 7) is 0.463. The number of carbonyl (C=O) groups excluding carboxylic acids is 2. The molecule has 2 heterocycles. The molecule has 15 unspecified atom stereocenters. The molecular formula is C41H63N2O10+. The molecule has 10 N–H and O–H groups in total. The SMILES string of the molecule is NC1CC(C2(C3CCC4(CO)OC(OC5CCCC6C(=O)C7C=C(CC8CCCC(CO)C8)C=C(O)C7C(=O)C56)C(O)C3(O)C4O)CCCC2)CC[NH2+]1. The predicted octanol–water partition coefficient (Wildman–Crippen LogP) is 1.51. The van der Waals surface area contributed by atoms with Gasteiger partial charge in [-0.25, -0.2) is 0 Å². The number of Topliss-reactive ketones (excluding diaryl/α,β-unsaturated/α-hetero) is 2. The minimum atomic E-state index is -2.05. The van der Waals surface area contributed by atoms with Crippen molar-refractivity contribution in [2.45, 2.75) is 145 Å². The third-order valence-corrected chi connectivity index (χ3v) is 15.8. The van der Waals surface area contributed by atoms with E-state index in [4.69, 9.17) is 15.2 Å². The summed E-state index contributed by atoms with van der Waals surface area (Å²) >= 11 is 0. The number of quaternary nitrogens is 1. The molecule has 2 saturated heterocycles. The third kappa shape index (κ3) is 6.21. The zero-order valence-electron chi connectivity index (χ0n) is 31.1. The summed E-state index contributed by atoms with van der Waals surface area (Å²) in [6.07, 6.45) is 10.3. The number of piperidine rings is 1. The number of fused-ring (bicyclic) bond motifs is 4. The maximum absolute atomic E-state index is 14.4. The van der Waals surface area contributed by atoms with Crippen molar-refractivity contribution < 1.29 is 55.0 Å². The molecule has 0 aromatic rings. The average Bonchev–Trinajstić information content (AvgIpc) is 3.65. The van der Waals surface area contributed by atoms with Gasteiger partial charge in [0.2, 0.25) is 0 Å². The second-order valence-corrected chi connectivity index (χ2v) is 18.5. The van der Waals surface area contributed by atoms with Gasteiger partial charge in [0.15, 0.2) is 12.1 Å². The standard InChI is InChI=1S/C41H62N2O10/c42-31-19-25(10-14-43-31)39(11-1-2-12-39)30-9-13-40(21-45)38(50)41(30,51)36(49)37(53-40)52-29-8-4-7-26-33(29)35(48)32-27(34(26)47)17-24(18-28(32)46)16-22-5-3-6-23(15-22)20-44/h17-18,22-23,25-27,29-33,36-38,43-46,49-51H,1-16,19-21,42H2/p+1. The van der Waals surface area contributed by atoms with E-state index in [1.54, 1.807) is 6.08 Å². The maximum atomic E-state index is 14.4. The average molecular weight is 744 g/mol. The summed E-state index contributed by atoms with van der Waals surface area (Å²) in [4.78, 5) is 28.7. The van der Waals surface area contributed by atoms with Gasteiger partial charge in [-0.2, -0.15) is 0 Å². The van der Waals surface area contributed by atoms with Crippen LogP contribution in [0.4, 0.5) is 0 Å². The van der Waals surface area contributed by atoms with E-state index in [0.717, 1.165) is 76.3 Å². The first-order valence-corrected chi connectivity index (χ1v) is 20.9. The van der Waals surface area contributed by atoms with Crippen LogP contribution < -0.4 is 11.1 Å². The molecule has 2 aliphatic heterocycles. The van der Waals surface area contributed by atoms with Gasteiger partial charge < -0.3 is 45.4 Å². The molecule has 8 aliphatic rings. The highest BCUT2D eigenvalue weighted by Gasteiger charge is 2.72. The minimum absolute atomic E-state index is 0.0479. The molecule has 53 heavy (non-hydrogen) atoms. The lowest BCUT2D eigenvalue weighted by atomic mass is 9.50. The molecule has 8 rings (SSSR count). The van der Waals surface area contributed by atoms with Crippen molar-refractivity contribution >= 4 is 11.6 Å². The zero-order chi connectivity index (χ0) is 37.3. The second-order valence-electron chi connectivity index (χ2n) is 18.5. The van der Waals surface area contributed by atoms with Crippen LogP contribution in [-0.2, 0) is 19.1 Å². The summed E-state index contributed by atoms with van der Waals surface area (Å²) in [7, 11) is 0. The van der Waals surface area contributed by atoms with Crippen LogP contribution in [0.15, 0.2) is 23.5 Å². The molecule has 6 aliphatic carbocycles. The van der Waals surface area contributed by atoms with Gasteiger partial charge in [-0.1, -0.05) is 38.2 Å². The quantitative estimate of drug-likeness (QED) is 0.178. The maximum Gasteiger partial charge on any atom is 0.187 e. The first-order valence-electron chi connectivity index (χ1n) is 20.9. The monoisotopic (exact) mass is 743 g/mol. The molecule has 5 saturated carbocycles. The summed E-state index contributed by atoms with van der Waals surface area (Å²) in [6, 6.07) is 0. The summed E-state index contributed by atoms with van der Waals surface area (Å²) in [5.41, 5.74) is 3.34. The Kier molecular flexibility index (Phi) is 10.5. The molecule has 2 bridgehead atoms. The Hall–Kier alpha value is -1.74. The molecule has 0 aromatic heterocycles. The molecule has 0 radical (unpaired) electrons. The normalized spacial score (nSPS) is 48.4. The van der Waals surface area contributed by atoms with E-state index in [-0.39, 0.29) is 53.8 Å². The van der Waals surface area contributed by atoms with Gasteiger partial charge in [0.05, 0.1) is 37.0 Å². The van der Waals surface area contributed by atoms with Gasteiger partial charge in [-0.3, -0.25) is 15.3 Å². The Morgan fingerprint density at radius 2 is 1.68 bits per heavy atom. The van der Waals surface area contributed by atoms with Crippen molar-refractivity contribution in [1.82, 2.24) is 0 Å². The topological polar surface area (TPSA) is 217 Å². The third-order valence-electron chi connectivity index (χ3n) is 15.8. The molecule has 0 aromatic carbocycles. The Balaban J connectivity index is 1.05.